The Bertz CT molecular complexity index is 331. The van der Waals surface area contributed by atoms with Gasteiger partial charge in [-0.2, -0.15) is 5.10 Å². The molecule has 2 rings (SSSR count). The second kappa shape index (κ2) is 3.59. The first-order chi connectivity index (χ1) is 6.77. The molecule has 0 unspecified atom stereocenters. The molecule has 0 atom stereocenters. The highest BCUT2D eigenvalue weighted by atomic mass is 16.5. The fraction of sp³-hybridized carbons (Fsp3) is 0.375. The van der Waals surface area contributed by atoms with Crippen LogP contribution in [-0.4, -0.2) is 40.1 Å². The normalized spacial score (nSPS) is 17.6. The Balaban J connectivity index is 2.08. The van der Waals surface area contributed by atoms with E-state index in [1.807, 2.05) is 0 Å². The number of hydrogen-bond acceptors (Lipinski definition) is 4. The SMILES string of the molecule is O=C1COCC(=O)N1Cc1ccn[nH]1. The van der Waals surface area contributed by atoms with Gasteiger partial charge in [-0.15, -0.1) is 0 Å². The third-order valence-corrected chi connectivity index (χ3v) is 1.94. The number of carbonyl (C=O) groups excluding carboxylic acids is 2. The average molecular weight is 195 g/mol. The molecule has 1 aromatic heterocycles. The minimum Gasteiger partial charge on any atom is -0.362 e. The summed E-state index contributed by atoms with van der Waals surface area (Å²) < 4.78 is 4.78. The fourth-order valence-electron chi connectivity index (χ4n) is 1.24. The molecule has 6 nitrogen and oxygen atoms in total. The van der Waals surface area contributed by atoms with Crippen molar-refractivity contribution in [3.8, 4) is 0 Å². The van der Waals surface area contributed by atoms with Crippen molar-refractivity contribution in [2.45, 2.75) is 6.54 Å². The van der Waals surface area contributed by atoms with Crippen LogP contribution in [0.2, 0.25) is 0 Å². The van der Waals surface area contributed by atoms with Crippen LogP contribution in [-0.2, 0) is 20.9 Å². The maximum Gasteiger partial charge on any atom is 0.255 e. The van der Waals surface area contributed by atoms with E-state index in [1.165, 1.54) is 0 Å². The van der Waals surface area contributed by atoms with Gasteiger partial charge >= 0.3 is 0 Å². The molecule has 6 heteroatoms. The lowest BCUT2D eigenvalue weighted by Gasteiger charge is -2.24. The minimum absolute atomic E-state index is 0.0279. The molecule has 1 N–H and O–H groups in total. The van der Waals surface area contributed by atoms with E-state index in [4.69, 9.17) is 4.74 Å². The van der Waals surface area contributed by atoms with Crippen molar-refractivity contribution < 1.29 is 14.3 Å². The number of nitrogens with zero attached hydrogens (tertiary/aromatic N) is 2. The summed E-state index contributed by atoms with van der Waals surface area (Å²) in [5, 5.41) is 6.42. The van der Waals surface area contributed by atoms with Gasteiger partial charge in [-0.1, -0.05) is 0 Å². The lowest BCUT2D eigenvalue weighted by atomic mass is 10.3. The van der Waals surface area contributed by atoms with E-state index in [2.05, 4.69) is 10.2 Å². The Labute approximate surface area is 79.8 Å². The molecule has 1 aromatic rings. The molecule has 0 saturated carbocycles. The summed E-state index contributed by atoms with van der Waals surface area (Å²) >= 11 is 0. The molecule has 14 heavy (non-hydrogen) atoms. The molecule has 0 spiro atoms. The van der Waals surface area contributed by atoms with Crippen molar-refractivity contribution in [1.29, 1.82) is 0 Å². The first-order valence-electron chi connectivity index (χ1n) is 4.16. The number of morpholine rings is 1. The monoisotopic (exact) mass is 195 g/mol. The molecule has 0 bridgehead atoms. The zero-order chi connectivity index (χ0) is 9.97. The fourth-order valence-corrected chi connectivity index (χ4v) is 1.24. The largest absolute Gasteiger partial charge is 0.362 e. The van der Waals surface area contributed by atoms with Gasteiger partial charge in [0.05, 0.1) is 12.2 Å². The van der Waals surface area contributed by atoms with Crippen LogP contribution in [0.3, 0.4) is 0 Å². The van der Waals surface area contributed by atoms with E-state index >= 15 is 0 Å². The Kier molecular flexibility index (Phi) is 2.28. The Morgan fingerprint density at radius 1 is 1.43 bits per heavy atom. The van der Waals surface area contributed by atoms with Crippen LogP contribution in [0.25, 0.3) is 0 Å². The molecule has 1 aliphatic heterocycles. The second-order valence-corrected chi connectivity index (χ2v) is 2.95. The number of amides is 2. The van der Waals surface area contributed by atoms with Crippen LogP contribution >= 0.6 is 0 Å². The lowest BCUT2D eigenvalue weighted by molar-refractivity contribution is -0.159. The van der Waals surface area contributed by atoms with Gasteiger partial charge in [-0.25, -0.2) is 0 Å². The molecule has 1 aliphatic rings. The van der Waals surface area contributed by atoms with E-state index in [1.54, 1.807) is 12.3 Å². The standard InChI is InChI=1S/C8H9N3O3/c12-7-4-14-5-8(13)11(7)3-6-1-2-9-10-6/h1-2H,3-5H2,(H,9,10). The van der Waals surface area contributed by atoms with Gasteiger partial charge in [0.25, 0.3) is 11.8 Å². The lowest BCUT2D eigenvalue weighted by Crippen LogP contribution is -2.45. The van der Waals surface area contributed by atoms with E-state index in [0.717, 1.165) is 10.6 Å². The predicted octanol–water partition coefficient (Wildman–Crippen LogP) is -0.705. The molecule has 2 heterocycles. The minimum atomic E-state index is -0.309. The Morgan fingerprint density at radius 2 is 2.14 bits per heavy atom. The van der Waals surface area contributed by atoms with Crippen LogP contribution < -0.4 is 0 Å². The van der Waals surface area contributed by atoms with Gasteiger partial charge in [0.1, 0.15) is 13.2 Å². The van der Waals surface area contributed by atoms with Crippen LogP contribution in [0.1, 0.15) is 5.69 Å². The van der Waals surface area contributed by atoms with Gasteiger partial charge in [0, 0.05) is 6.20 Å². The summed E-state index contributed by atoms with van der Waals surface area (Å²) in [6.07, 6.45) is 1.57. The van der Waals surface area contributed by atoms with Gasteiger partial charge in [-0.05, 0) is 6.07 Å². The summed E-state index contributed by atoms with van der Waals surface area (Å²) in [6.45, 7) is 0.181. The number of hydrogen-bond donors (Lipinski definition) is 1. The van der Waals surface area contributed by atoms with Crippen molar-refractivity contribution in [1.82, 2.24) is 15.1 Å². The summed E-state index contributed by atoms with van der Waals surface area (Å²) in [6, 6.07) is 1.72. The van der Waals surface area contributed by atoms with Crippen molar-refractivity contribution in [2.75, 3.05) is 13.2 Å². The molecular formula is C8H9N3O3. The third-order valence-electron chi connectivity index (χ3n) is 1.94. The average Bonchev–Trinajstić information content (AvgIpc) is 2.64. The smallest absolute Gasteiger partial charge is 0.255 e. The first kappa shape index (κ1) is 8.89. The molecule has 74 valence electrons. The summed E-state index contributed by atoms with van der Waals surface area (Å²) in [5.41, 5.74) is 0.730. The van der Waals surface area contributed by atoms with Gasteiger partial charge in [-0.3, -0.25) is 19.6 Å². The number of imide groups is 1. The predicted molar refractivity (Wildman–Crippen MR) is 45.0 cm³/mol. The first-order valence-corrected chi connectivity index (χ1v) is 4.16. The molecule has 1 saturated heterocycles. The van der Waals surface area contributed by atoms with Crippen molar-refractivity contribution in [2.24, 2.45) is 0 Å². The van der Waals surface area contributed by atoms with Gasteiger partial charge in [0.2, 0.25) is 0 Å². The molecule has 0 aromatic carbocycles. The van der Waals surface area contributed by atoms with E-state index in [9.17, 15) is 9.59 Å². The van der Waals surface area contributed by atoms with Crippen LogP contribution in [0, 0.1) is 0 Å². The van der Waals surface area contributed by atoms with Crippen LogP contribution in [0.4, 0.5) is 0 Å². The third kappa shape index (κ3) is 1.64. The Morgan fingerprint density at radius 3 is 2.71 bits per heavy atom. The number of carbonyl (C=O) groups is 2. The molecule has 1 fully saturated rings. The topological polar surface area (TPSA) is 75.3 Å². The van der Waals surface area contributed by atoms with Gasteiger partial charge < -0.3 is 4.74 Å². The number of nitrogens with one attached hydrogen (secondary N) is 1. The number of aromatic nitrogens is 2. The molecule has 0 radical (unpaired) electrons. The van der Waals surface area contributed by atoms with Crippen molar-refractivity contribution in [3.05, 3.63) is 18.0 Å². The van der Waals surface area contributed by atoms with Crippen LogP contribution in [0.5, 0.6) is 0 Å². The van der Waals surface area contributed by atoms with E-state index in [-0.39, 0.29) is 31.6 Å². The van der Waals surface area contributed by atoms with Crippen LogP contribution in [0.15, 0.2) is 12.3 Å². The molecular weight excluding hydrogens is 186 g/mol. The van der Waals surface area contributed by atoms with E-state index in [0.29, 0.717) is 0 Å². The van der Waals surface area contributed by atoms with Crippen molar-refractivity contribution >= 4 is 11.8 Å². The Hall–Kier alpha value is -1.69. The highest BCUT2D eigenvalue weighted by Crippen LogP contribution is 2.06. The second-order valence-electron chi connectivity index (χ2n) is 2.95. The number of aromatic amines is 1. The quantitative estimate of drug-likeness (QED) is 0.633. The molecule has 2 amide bonds. The summed E-state index contributed by atoms with van der Waals surface area (Å²) in [7, 11) is 0. The summed E-state index contributed by atoms with van der Waals surface area (Å²) in [4.78, 5) is 23.7. The van der Waals surface area contributed by atoms with Gasteiger partial charge in [0.15, 0.2) is 0 Å². The number of rotatable bonds is 2. The highest BCUT2D eigenvalue weighted by molar-refractivity contribution is 5.98. The zero-order valence-corrected chi connectivity index (χ0v) is 7.40. The van der Waals surface area contributed by atoms with E-state index < -0.39 is 0 Å². The number of ether oxygens (including phenoxy) is 1. The molecule has 0 aliphatic carbocycles. The number of H-pyrrole nitrogens is 1. The maximum absolute atomic E-state index is 11.3. The maximum atomic E-state index is 11.3. The van der Waals surface area contributed by atoms with Crippen molar-refractivity contribution in [3.63, 3.8) is 0 Å². The summed E-state index contributed by atoms with van der Waals surface area (Å²) in [5.74, 6) is -0.619. The zero-order valence-electron chi connectivity index (χ0n) is 7.40. The highest BCUT2D eigenvalue weighted by Gasteiger charge is 2.26.